The molecule has 1 fully saturated rings. The molecule has 1 aromatic rings. The number of hydrogen-bond acceptors (Lipinski definition) is 4. The van der Waals surface area contributed by atoms with E-state index in [1.807, 2.05) is 11.0 Å². The van der Waals surface area contributed by atoms with Crippen molar-refractivity contribution in [2.24, 2.45) is 11.8 Å². The second-order valence-corrected chi connectivity index (χ2v) is 6.16. The first-order valence-electron chi connectivity index (χ1n) is 6.80. The van der Waals surface area contributed by atoms with Crippen LogP contribution in [0.4, 0.5) is 0 Å². The van der Waals surface area contributed by atoms with E-state index in [-0.39, 0.29) is 23.7 Å². The van der Waals surface area contributed by atoms with Crippen LogP contribution in [-0.4, -0.2) is 37.0 Å². The predicted molar refractivity (Wildman–Crippen MR) is 77.1 cm³/mol. The van der Waals surface area contributed by atoms with Crippen LogP contribution in [0.25, 0.3) is 5.57 Å². The van der Waals surface area contributed by atoms with Gasteiger partial charge in [0.2, 0.25) is 5.91 Å². The summed E-state index contributed by atoms with van der Waals surface area (Å²) < 4.78 is 4.69. The number of amides is 1. The highest BCUT2D eigenvalue weighted by atomic mass is 32.1. The number of carbonyl (C=O) groups is 2. The van der Waals surface area contributed by atoms with Gasteiger partial charge < -0.3 is 9.64 Å². The molecule has 1 aliphatic carbocycles. The minimum atomic E-state index is -0.254. The number of methoxy groups -OCH3 is 1. The van der Waals surface area contributed by atoms with Gasteiger partial charge in [-0.1, -0.05) is 12.1 Å². The van der Waals surface area contributed by atoms with Crippen LogP contribution in [0.1, 0.15) is 17.7 Å². The third-order valence-electron chi connectivity index (χ3n) is 3.97. The Morgan fingerprint density at radius 1 is 1.40 bits per heavy atom. The normalized spacial score (nSPS) is 25.1. The summed E-state index contributed by atoms with van der Waals surface area (Å²) in [6, 6.07) is 4.16. The third-order valence-corrected chi connectivity index (χ3v) is 4.92. The van der Waals surface area contributed by atoms with Gasteiger partial charge in [0.25, 0.3) is 0 Å². The van der Waals surface area contributed by atoms with E-state index in [9.17, 15) is 9.59 Å². The molecule has 0 unspecified atom stereocenters. The second kappa shape index (κ2) is 5.40. The van der Waals surface area contributed by atoms with E-state index in [2.05, 4.69) is 22.3 Å². The van der Waals surface area contributed by atoms with Gasteiger partial charge in [-0.15, -0.1) is 11.3 Å². The molecule has 0 radical (unpaired) electrons. The summed E-state index contributed by atoms with van der Waals surface area (Å²) in [6.07, 6.45) is 3.66. The van der Waals surface area contributed by atoms with Gasteiger partial charge in [0.15, 0.2) is 0 Å². The maximum Gasteiger partial charge on any atom is 0.309 e. The number of rotatable bonds is 3. The van der Waals surface area contributed by atoms with Crippen LogP contribution < -0.4 is 0 Å². The molecule has 106 valence electrons. The summed E-state index contributed by atoms with van der Waals surface area (Å²) in [5, 5.41) is 2.07. The highest BCUT2D eigenvalue weighted by Gasteiger charge is 2.50. The summed E-state index contributed by atoms with van der Waals surface area (Å²) in [6.45, 7) is 1.39. The van der Waals surface area contributed by atoms with E-state index in [1.165, 1.54) is 17.6 Å². The van der Waals surface area contributed by atoms with Gasteiger partial charge in [0, 0.05) is 18.0 Å². The molecule has 0 spiro atoms. The lowest BCUT2D eigenvalue weighted by atomic mass is 10.1. The zero-order chi connectivity index (χ0) is 14.1. The molecule has 5 heteroatoms. The van der Waals surface area contributed by atoms with Crippen LogP contribution in [0.15, 0.2) is 23.6 Å². The monoisotopic (exact) mass is 291 g/mol. The highest BCUT2D eigenvalue weighted by Crippen LogP contribution is 2.41. The SMILES string of the molecule is COC(=O)[C@@H]1C[C@@H]1C(=O)N1CC=C(c2cccs2)CC1. The molecule has 1 aromatic heterocycles. The highest BCUT2D eigenvalue weighted by molar-refractivity contribution is 7.11. The van der Waals surface area contributed by atoms with Crippen molar-refractivity contribution in [3.05, 3.63) is 28.5 Å². The Bertz CT molecular complexity index is 549. The number of thiophene rings is 1. The van der Waals surface area contributed by atoms with Crippen LogP contribution in [0.3, 0.4) is 0 Å². The molecule has 4 nitrogen and oxygen atoms in total. The van der Waals surface area contributed by atoms with E-state index < -0.39 is 0 Å². The van der Waals surface area contributed by atoms with Gasteiger partial charge in [-0.3, -0.25) is 9.59 Å². The van der Waals surface area contributed by atoms with Crippen LogP contribution in [0, 0.1) is 11.8 Å². The summed E-state index contributed by atoms with van der Waals surface area (Å²) in [7, 11) is 1.37. The Morgan fingerprint density at radius 3 is 2.85 bits per heavy atom. The Morgan fingerprint density at radius 2 is 2.25 bits per heavy atom. The first-order chi connectivity index (χ1) is 9.70. The summed E-state index contributed by atoms with van der Waals surface area (Å²) in [5.74, 6) is -0.522. The van der Waals surface area contributed by atoms with Gasteiger partial charge in [-0.05, 0) is 29.9 Å². The fraction of sp³-hybridized carbons (Fsp3) is 0.467. The van der Waals surface area contributed by atoms with Crippen molar-refractivity contribution >= 4 is 28.8 Å². The van der Waals surface area contributed by atoms with Crippen molar-refractivity contribution in [3.8, 4) is 0 Å². The van der Waals surface area contributed by atoms with Crippen LogP contribution in [0.2, 0.25) is 0 Å². The van der Waals surface area contributed by atoms with Gasteiger partial charge in [0.1, 0.15) is 0 Å². The molecule has 3 rings (SSSR count). The Hall–Kier alpha value is -1.62. The van der Waals surface area contributed by atoms with Crippen LogP contribution in [-0.2, 0) is 14.3 Å². The van der Waals surface area contributed by atoms with Gasteiger partial charge >= 0.3 is 5.97 Å². The lowest BCUT2D eigenvalue weighted by Gasteiger charge is -2.26. The minimum absolute atomic E-state index is 0.0990. The molecule has 0 aromatic carbocycles. The zero-order valence-electron chi connectivity index (χ0n) is 11.4. The largest absolute Gasteiger partial charge is 0.469 e. The molecule has 2 atom stereocenters. The summed E-state index contributed by atoms with van der Waals surface area (Å²) >= 11 is 1.73. The van der Waals surface area contributed by atoms with Crippen molar-refractivity contribution in [2.75, 3.05) is 20.2 Å². The van der Waals surface area contributed by atoms with Gasteiger partial charge in [-0.25, -0.2) is 0 Å². The third kappa shape index (κ3) is 2.50. The zero-order valence-corrected chi connectivity index (χ0v) is 12.2. The Balaban J connectivity index is 1.59. The smallest absolute Gasteiger partial charge is 0.309 e. The quantitative estimate of drug-likeness (QED) is 0.802. The standard InChI is InChI=1S/C15H17NO3S/c1-19-15(18)12-9-11(12)14(17)16-6-4-10(5-7-16)13-3-2-8-20-13/h2-4,8,11-12H,5-7,9H2,1H3/t11-,12+/m0/s1. The van der Waals surface area contributed by atoms with E-state index >= 15 is 0 Å². The molecule has 0 N–H and O–H groups in total. The molecular weight excluding hydrogens is 274 g/mol. The number of nitrogens with zero attached hydrogens (tertiary/aromatic N) is 1. The van der Waals surface area contributed by atoms with Crippen molar-refractivity contribution in [3.63, 3.8) is 0 Å². The van der Waals surface area contributed by atoms with Crippen molar-refractivity contribution in [1.82, 2.24) is 4.90 Å². The van der Waals surface area contributed by atoms with E-state index in [0.717, 1.165) is 13.0 Å². The number of carbonyl (C=O) groups excluding carboxylic acids is 2. The lowest BCUT2D eigenvalue weighted by molar-refractivity contribution is -0.144. The second-order valence-electron chi connectivity index (χ2n) is 5.21. The van der Waals surface area contributed by atoms with Crippen LogP contribution >= 0.6 is 11.3 Å². The number of ether oxygens (including phenoxy) is 1. The summed E-state index contributed by atoms with van der Waals surface area (Å²) in [5.41, 5.74) is 1.32. The molecule has 1 saturated carbocycles. The first-order valence-corrected chi connectivity index (χ1v) is 7.68. The average Bonchev–Trinajstić information content (AvgIpc) is 3.10. The fourth-order valence-electron chi connectivity index (χ4n) is 2.67. The number of hydrogen-bond donors (Lipinski definition) is 0. The molecule has 1 amide bonds. The molecule has 0 bridgehead atoms. The van der Waals surface area contributed by atoms with E-state index in [4.69, 9.17) is 0 Å². The first kappa shape index (κ1) is 13.4. The van der Waals surface area contributed by atoms with Crippen LogP contribution in [0.5, 0.6) is 0 Å². The minimum Gasteiger partial charge on any atom is -0.469 e. The topological polar surface area (TPSA) is 46.6 Å². The van der Waals surface area contributed by atoms with Crippen molar-refractivity contribution < 1.29 is 14.3 Å². The van der Waals surface area contributed by atoms with Gasteiger partial charge in [0.05, 0.1) is 18.9 Å². The molecule has 0 saturated heterocycles. The Labute approximate surface area is 122 Å². The number of esters is 1. The molecular formula is C15H17NO3S. The molecule has 1 aliphatic heterocycles. The van der Waals surface area contributed by atoms with Crippen molar-refractivity contribution in [2.45, 2.75) is 12.8 Å². The Kier molecular flexibility index (Phi) is 3.61. The average molecular weight is 291 g/mol. The van der Waals surface area contributed by atoms with E-state index in [1.54, 1.807) is 11.3 Å². The molecule has 2 heterocycles. The lowest BCUT2D eigenvalue weighted by Crippen LogP contribution is -2.36. The molecule has 2 aliphatic rings. The molecule has 20 heavy (non-hydrogen) atoms. The van der Waals surface area contributed by atoms with E-state index in [0.29, 0.717) is 13.0 Å². The fourth-order valence-corrected chi connectivity index (χ4v) is 3.47. The summed E-state index contributed by atoms with van der Waals surface area (Å²) in [4.78, 5) is 26.8. The predicted octanol–water partition coefficient (Wildman–Crippen LogP) is 2.17. The van der Waals surface area contributed by atoms with Gasteiger partial charge in [-0.2, -0.15) is 0 Å². The van der Waals surface area contributed by atoms with Crippen molar-refractivity contribution in [1.29, 1.82) is 0 Å². The maximum absolute atomic E-state index is 12.3. The maximum atomic E-state index is 12.3.